The van der Waals surface area contributed by atoms with Gasteiger partial charge in [-0.15, -0.1) is 23.6 Å². The number of benzene rings is 2. The smallest absolute Gasteiger partial charge is 0.273 e. The van der Waals surface area contributed by atoms with Crippen LogP contribution >= 0.6 is 0 Å². The van der Waals surface area contributed by atoms with Crippen LogP contribution in [0.4, 0.5) is 0 Å². The zero-order valence-corrected chi connectivity index (χ0v) is 14.0. The normalized spacial score (nSPS) is 14.4. The standard InChI is InChI=1S/C17H13.C5H5.Fe/c1-3-7-14(8-4-1)16-11-12-17(13-16)15-9-5-2-6-10-15;1-2-4-5-3-1;/h1-11H,12H2;1-3H,4H2;/q2*-1;+2. The van der Waals surface area contributed by atoms with Gasteiger partial charge in [0.15, 0.2) is 0 Å². The molecule has 0 nitrogen and oxygen atoms in total. The molecular formula is C22H18Fe. The van der Waals surface area contributed by atoms with Gasteiger partial charge in [-0.05, 0) is 0 Å². The summed E-state index contributed by atoms with van der Waals surface area (Å²) in [7, 11) is 0. The molecule has 0 saturated heterocycles. The Morgan fingerprint density at radius 3 is 1.96 bits per heavy atom. The molecule has 0 saturated carbocycles. The fourth-order valence-corrected chi connectivity index (χ4v) is 2.45. The summed E-state index contributed by atoms with van der Waals surface area (Å²) in [6.07, 6.45) is 16.7. The maximum Gasteiger partial charge on any atom is 2.00 e. The molecule has 2 aromatic carbocycles. The van der Waals surface area contributed by atoms with Crippen LogP contribution in [0.3, 0.4) is 0 Å². The Balaban J connectivity index is 0.000000276. The molecule has 0 bridgehead atoms. The fraction of sp³-hybridized carbons (Fsp3) is 0.0909. The zero-order valence-electron chi connectivity index (χ0n) is 12.9. The minimum absolute atomic E-state index is 0. The summed E-state index contributed by atoms with van der Waals surface area (Å²) >= 11 is 0. The van der Waals surface area contributed by atoms with Crippen molar-refractivity contribution < 1.29 is 17.1 Å². The van der Waals surface area contributed by atoms with E-state index in [0.717, 1.165) is 12.8 Å². The summed E-state index contributed by atoms with van der Waals surface area (Å²) in [5, 5.41) is 0. The van der Waals surface area contributed by atoms with Crippen LogP contribution in [-0.2, 0) is 17.1 Å². The summed E-state index contributed by atoms with van der Waals surface area (Å²) in [5.74, 6) is 0. The van der Waals surface area contributed by atoms with E-state index in [-0.39, 0.29) is 17.1 Å². The Morgan fingerprint density at radius 1 is 0.783 bits per heavy atom. The molecule has 4 rings (SSSR count). The largest absolute Gasteiger partial charge is 2.00 e. The number of hydrogen-bond acceptors (Lipinski definition) is 0. The van der Waals surface area contributed by atoms with Crippen molar-refractivity contribution in [2.24, 2.45) is 0 Å². The summed E-state index contributed by atoms with van der Waals surface area (Å²) < 4.78 is 0. The van der Waals surface area contributed by atoms with Crippen molar-refractivity contribution in [1.29, 1.82) is 0 Å². The quantitative estimate of drug-likeness (QED) is 0.489. The van der Waals surface area contributed by atoms with Gasteiger partial charge in [0.25, 0.3) is 0 Å². The van der Waals surface area contributed by atoms with Gasteiger partial charge >= 0.3 is 17.1 Å². The molecule has 0 heterocycles. The van der Waals surface area contributed by atoms with E-state index in [0.29, 0.717) is 0 Å². The number of hydrogen-bond donors (Lipinski definition) is 0. The van der Waals surface area contributed by atoms with Gasteiger partial charge in [-0.3, -0.25) is 6.08 Å². The fourth-order valence-electron chi connectivity index (χ4n) is 2.45. The third-order valence-electron chi connectivity index (χ3n) is 3.59. The third-order valence-corrected chi connectivity index (χ3v) is 3.59. The van der Waals surface area contributed by atoms with E-state index >= 15 is 0 Å². The van der Waals surface area contributed by atoms with Gasteiger partial charge in [0.2, 0.25) is 0 Å². The van der Waals surface area contributed by atoms with Crippen LogP contribution in [0.1, 0.15) is 24.0 Å². The first-order chi connectivity index (χ1) is 10.9. The molecule has 23 heavy (non-hydrogen) atoms. The molecule has 2 aliphatic rings. The second kappa shape index (κ2) is 9.15. The van der Waals surface area contributed by atoms with Crippen molar-refractivity contribution in [2.45, 2.75) is 12.8 Å². The van der Waals surface area contributed by atoms with Crippen LogP contribution in [0.2, 0.25) is 0 Å². The van der Waals surface area contributed by atoms with Gasteiger partial charge in [-0.25, -0.2) is 12.2 Å². The Bertz CT molecular complexity index is 709. The van der Waals surface area contributed by atoms with Gasteiger partial charge in [0.05, 0.1) is 0 Å². The first kappa shape index (κ1) is 17.3. The summed E-state index contributed by atoms with van der Waals surface area (Å²) in [6, 6.07) is 20.9. The van der Waals surface area contributed by atoms with Crippen LogP contribution in [0, 0.1) is 12.2 Å². The predicted octanol–water partition coefficient (Wildman–Crippen LogP) is 5.66. The van der Waals surface area contributed by atoms with Crippen molar-refractivity contribution in [1.82, 2.24) is 0 Å². The van der Waals surface area contributed by atoms with Crippen LogP contribution in [-0.4, -0.2) is 0 Å². The van der Waals surface area contributed by atoms with E-state index in [1.807, 2.05) is 24.3 Å². The van der Waals surface area contributed by atoms with E-state index in [4.69, 9.17) is 0 Å². The second-order valence-electron chi connectivity index (χ2n) is 5.16. The molecule has 0 aromatic heterocycles. The number of rotatable bonds is 2. The summed E-state index contributed by atoms with van der Waals surface area (Å²) in [6.45, 7) is 0. The van der Waals surface area contributed by atoms with Gasteiger partial charge in [-0.2, -0.15) is 12.2 Å². The minimum atomic E-state index is 0. The van der Waals surface area contributed by atoms with Crippen LogP contribution in [0.5, 0.6) is 0 Å². The molecule has 2 aromatic rings. The maximum atomic E-state index is 3.50. The molecule has 0 N–H and O–H groups in total. The second-order valence-corrected chi connectivity index (χ2v) is 5.16. The first-order valence-corrected chi connectivity index (χ1v) is 7.59. The van der Waals surface area contributed by atoms with Crippen LogP contribution in [0.25, 0.3) is 11.1 Å². The zero-order chi connectivity index (χ0) is 15.0. The van der Waals surface area contributed by atoms with Crippen molar-refractivity contribution in [3.63, 3.8) is 0 Å². The first-order valence-electron chi connectivity index (χ1n) is 7.59. The molecule has 114 valence electrons. The molecule has 0 radical (unpaired) electrons. The van der Waals surface area contributed by atoms with Crippen molar-refractivity contribution in [3.05, 3.63) is 108 Å². The molecule has 0 aliphatic heterocycles. The van der Waals surface area contributed by atoms with Gasteiger partial charge in [0.1, 0.15) is 0 Å². The van der Waals surface area contributed by atoms with Crippen LogP contribution < -0.4 is 0 Å². The van der Waals surface area contributed by atoms with Crippen molar-refractivity contribution in [3.8, 4) is 0 Å². The topological polar surface area (TPSA) is 0 Å². The molecule has 0 fully saturated rings. The van der Waals surface area contributed by atoms with Gasteiger partial charge < -0.3 is 0 Å². The maximum absolute atomic E-state index is 3.50. The molecule has 0 spiro atoms. The Labute approximate surface area is 149 Å². The molecule has 1 heteroatoms. The van der Waals surface area contributed by atoms with Crippen molar-refractivity contribution >= 4 is 11.1 Å². The molecule has 2 aliphatic carbocycles. The summed E-state index contributed by atoms with van der Waals surface area (Å²) in [4.78, 5) is 0. The molecule has 0 unspecified atom stereocenters. The Hall–Kier alpha value is -2.08. The van der Waals surface area contributed by atoms with Crippen molar-refractivity contribution in [2.75, 3.05) is 0 Å². The van der Waals surface area contributed by atoms with Gasteiger partial charge in [0, 0.05) is 0 Å². The van der Waals surface area contributed by atoms with E-state index in [9.17, 15) is 0 Å². The van der Waals surface area contributed by atoms with E-state index in [1.54, 1.807) is 0 Å². The minimum Gasteiger partial charge on any atom is -0.273 e. The SMILES string of the molecule is [C-]1=C(c2ccccc2)CC=C1c1ccccc1.[C-]1=CC=CC1.[Fe+2]. The average molecular weight is 338 g/mol. The Morgan fingerprint density at radius 2 is 1.43 bits per heavy atom. The van der Waals surface area contributed by atoms with E-state index < -0.39 is 0 Å². The van der Waals surface area contributed by atoms with E-state index in [1.165, 1.54) is 22.3 Å². The van der Waals surface area contributed by atoms with Gasteiger partial charge in [-0.1, -0.05) is 78.2 Å². The number of allylic oxidation sites excluding steroid dienone is 8. The molecule has 0 atom stereocenters. The summed E-state index contributed by atoms with van der Waals surface area (Å²) in [5.41, 5.74) is 5.02. The monoisotopic (exact) mass is 338 g/mol. The predicted molar refractivity (Wildman–Crippen MR) is 93.7 cm³/mol. The van der Waals surface area contributed by atoms with Crippen LogP contribution in [0.15, 0.2) is 85.0 Å². The molecular weight excluding hydrogens is 320 g/mol. The average Bonchev–Trinajstić information content (AvgIpc) is 3.31. The Kier molecular flexibility index (Phi) is 6.87. The van der Waals surface area contributed by atoms with E-state index in [2.05, 4.69) is 72.8 Å². The third kappa shape index (κ3) is 4.96. The molecule has 0 amide bonds.